The molecule has 1 aliphatic rings. The third-order valence-corrected chi connectivity index (χ3v) is 5.33. The van der Waals surface area contributed by atoms with Crippen LogP contribution in [0.2, 0.25) is 0 Å². The molecule has 9 heteroatoms. The summed E-state index contributed by atoms with van der Waals surface area (Å²) in [6.45, 7) is 3.24. The largest absolute Gasteiger partial charge is 0.344 e. The Morgan fingerprint density at radius 2 is 1.91 bits per heavy atom. The second kappa shape index (κ2) is 8.57. The molecule has 32 heavy (non-hydrogen) atoms. The zero-order valence-electron chi connectivity index (χ0n) is 17.6. The quantitative estimate of drug-likeness (QED) is 0.622. The van der Waals surface area contributed by atoms with Crippen molar-refractivity contribution in [1.82, 2.24) is 20.3 Å². The maximum absolute atomic E-state index is 13.7. The van der Waals surface area contributed by atoms with Gasteiger partial charge in [0.1, 0.15) is 23.7 Å². The first-order chi connectivity index (χ1) is 15.2. The van der Waals surface area contributed by atoms with E-state index in [0.717, 1.165) is 37.5 Å². The Bertz CT molecular complexity index is 1130. The van der Waals surface area contributed by atoms with Crippen LogP contribution in [0.3, 0.4) is 0 Å². The highest BCUT2D eigenvalue weighted by atomic mass is 19.3. The molecule has 0 saturated carbocycles. The number of aromatic nitrogens is 3. The monoisotopic (exact) mass is 441 g/mol. The van der Waals surface area contributed by atoms with Gasteiger partial charge in [0.05, 0.1) is 23.1 Å². The molecule has 0 spiro atoms. The number of hydrogen-bond acceptors (Lipinski definition) is 5. The Morgan fingerprint density at radius 1 is 1.16 bits per heavy atom. The average molecular weight is 441 g/mol. The predicted octanol–water partition coefficient (Wildman–Crippen LogP) is 4.70. The Hall–Kier alpha value is -3.49. The first-order valence-corrected chi connectivity index (χ1v) is 10.3. The molecule has 1 atom stereocenters. The predicted molar refractivity (Wildman–Crippen MR) is 113 cm³/mol. The highest BCUT2D eigenvalue weighted by Crippen LogP contribution is 2.34. The second-order valence-electron chi connectivity index (χ2n) is 7.81. The Labute approximate surface area is 183 Å². The van der Waals surface area contributed by atoms with Crippen molar-refractivity contribution in [1.29, 1.82) is 0 Å². The van der Waals surface area contributed by atoms with E-state index in [1.807, 2.05) is 17.9 Å². The Balaban J connectivity index is 1.55. The van der Waals surface area contributed by atoms with Crippen molar-refractivity contribution >= 4 is 17.4 Å². The Kier molecular flexibility index (Phi) is 5.82. The minimum Gasteiger partial charge on any atom is -0.344 e. The number of nitrogens with one attached hydrogen (secondary N) is 1. The van der Waals surface area contributed by atoms with E-state index in [2.05, 4.69) is 15.3 Å². The van der Waals surface area contributed by atoms with Crippen LogP contribution in [0.15, 0.2) is 48.8 Å². The van der Waals surface area contributed by atoms with Crippen molar-refractivity contribution in [2.45, 2.75) is 38.7 Å². The summed E-state index contributed by atoms with van der Waals surface area (Å²) < 4.78 is 40.5. The smallest absolute Gasteiger partial charge is 0.287 e. The van der Waals surface area contributed by atoms with Crippen molar-refractivity contribution in [2.75, 3.05) is 11.4 Å². The molecular weight excluding hydrogens is 419 g/mol. The lowest BCUT2D eigenvalue weighted by Gasteiger charge is -2.30. The number of aryl methyl sites for hydroxylation is 1. The molecule has 1 aromatic carbocycles. The fourth-order valence-electron chi connectivity index (χ4n) is 3.63. The van der Waals surface area contributed by atoms with E-state index >= 15 is 0 Å². The highest BCUT2D eigenvalue weighted by molar-refractivity contribution is 5.94. The molecule has 6 nitrogen and oxygen atoms in total. The molecule has 3 aromatic rings. The standard InChI is InChI=1S/C23H22F3N5O/c1-14(29-22(32)15-5-7-16(24)8-6-15)17-9-10-19-18(30-17)4-3-11-31(19)21-12-20(23(2,25)26)27-13-28-21/h5-10,12-14H,3-4,11H2,1-2H3,(H,29,32). The van der Waals surface area contributed by atoms with Crippen molar-refractivity contribution in [3.05, 3.63) is 77.3 Å². The van der Waals surface area contributed by atoms with Crippen LogP contribution in [0.1, 0.15) is 53.7 Å². The number of amides is 1. The summed E-state index contributed by atoms with van der Waals surface area (Å²) in [5.74, 6) is -3.40. The van der Waals surface area contributed by atoms with E-state index in [-0.39, 0.29) is 17.6 Å². The van der Waals surface area contributed by atoms with Gasteiger partial charge in [-0.25, -0.2) is 14.4 Å². The number of rotatable bonds is 5. The lowest BCUT2D eigenvalue weighted by Crippen LogP contribution is -2.29. The first kappa shape index (κ1) is 21.7. The van der Waals surface area contributed by atoms with Crippen LogP contribution < -0.4 is 10.2 Å². The third kappa shape index (κ3) is 4.56. The van der Waals surface area contributed by atoms with E-state index in [4.69, 9.17) is 4.98 Å². The van der Waals surface area contributed by atoms with Crippen LogP contribution in [-0.4, -0.2) is 27.4 Å². The molecule has 1 unspecified atom stereocenters. The molecule has 0 saturated heterocycles. The lowest BCUT2D eigenvalue weighted by atomic mass is 10.0. The van der Waals surface area contributed by atoms with Gasteiger partial charge in [0.2, 0.25) is 0 Å². The molecule has 0 bridgehead atoms. The van der Waals surface area contributed by atoms with E-state index in [1.165, 1.54) is 30.3 Å². The highest BCUT2D eigenvalue weighted by Gasteiger charge is 2.29. The summed E-state index contributed by atoms with van der Waals surface area (Å²) in [5, 5.41) is 2.86. The summed E-state index contributed by atoms with van der Waals surface area (Å²) in [6.07, 6.45) is 2.65. The summed E-state index contributed by atoms with van der Waals surface area (Å²) >= 11 is 0. The molecule has 0 fully saturated rings. The second-order valence-corrected chi connectivity index (χ2v) is 7.81. The number of pyridine rings is 1. The minimum absolute atomic E-state index is 0.326. The topological polar surface area (TPSA) is 71.0 Å². The number of carbonyl (C=O) groups excluding carboxylic acids is 1. The molecule has 2 aromatic heterocycles. The SMILES string of the molecule is CC(NC(=O)c1ccc(F)cc1)c1ccc2c(n1)CCCN2c1cc(C(C)(F)F)ncn1. The normalized spacial score (nSPS) is 14.6. The minimum atomic E-state index is -3.06. The van der Waals surface area contributed by atoms with Crippen LogP contribution in [0.4, 0.5) is 24.7 Å². The number of alkyl halides is 2. The molecule has 0 aliphatic carbocycles. The number of benzene rings is 1. The molecule has 1 amide bonds. The van der Waals surface area contributed by atoms with Gasteiger partial charge in [-0.2, -0.15) is 8.78 Å². The van der Waals surface area contributed by atoms with E-state index < -0.39 is 11.7 Å². The van der Waals surface area contributed by atoms with E-state index in [9.17, 15) is 18.0 Å². The van der Waals surface area contributed by atoms with Gasteiger partial charge in [-0.3, -0.25) is 9.78 Å². The number of carbonyl (C=O) groups is 1. The van der Waals surface area contributed by atoms with Gasteiger partial charge >= 0.3 is 0 Å². The number of anilines is 2. The summed E-state index contributed by atoms with van der Waals surface area (Å²) in [7, 11) is 0. The van der Waals surface area contributed by atoms with Gasteiger partial charge in [0.15, 0.2) is 0 Å². The van der Waals surface area contributed by atoms with Crippen LogP contribution in [0.5, 0.6) is 0 Å². The van der Waals surface area contributed by atoms with Gasteiger partial charge < -0.3 is 10.2 Å². The number of hydrogen-bond donors (Lipinski definition) is 1. The number of halogens is 3. The summed E-state index contributed by atoms with van der Waals surface area (Å²) in [4.78, 5) is 26.9. The average Bonchev–Trinajstić information content (AvgIpc) is 2.78. The van der Waals surface area contributed by atoms with Gasteiger partial charge in [-0.1, -0.05) is 0 Å². The number of nitrogens with zero attached hydrogens (tertiary/aromatic N) is 4. The van der Waals surface area contributed by atoms with Crippen LogP contribution in [-0.2, 0) is 12.3 Å². The maximum Gasteiger partial charge on any atom is 0.287 e. The van der Waals surface area contributed by atoms with Gasteiger partial charge in [0, 0.05) is 25.1 Å². The van der Waals surface area contributed by atoms with E-state index in [1.54, 1.807) is 6.07 Å². The third-order valence-electron chi connectivity index (χ3n) is 5.33. The molecule has 3 heterocycles. The lowest BCUT2D eigenvalue weighted by molar-refractivity contribution is 0.0126. The van der Waals surface area contributed by atoms with Gasteiger partial charge in [-0.15, -0.1) is 0 Å². The molecule has 1 aliphatic heterocycles. The fourth-order valence-corrected chi connectivity index (χ4v) is 3.63. The number of fused-ring (bicyclic) bond motifs is 1. The molecule has 1 N–H and O–H groups in total. The van der Waals surface area contributed by atoms with Crippen molar-refractivity contribution in [3.8, 4) is 0 Å². The van der Waals surface area contributed by atoms with Gasteiger partial charge in [0.25, 0.3) is 11.8 Å². The molecule has 0 radical (unpaired) electrons. The molecular formula is C23H22F3N5O. The van der Waals surface area contributed by atoms with Crippen molar-refractivity contribution in [3.63, 3.8) is 0 Å². The van der Waals surface area contributed by atoms with Gasteiger partial charge in [-0.05, 0) is 56.2 Å². The van der Waals surface area contributed by atoms with Crippen LogP contribution in [0.25, 0.3) is 0 Å². The summed E-state index contributed by atoms with van der Waals surface area (Å²) in [6, 6.07) is 9.90. The van der Waals surface area contributed by atoms with Crippen molar-refractivity contribution < 1.29 is 18.0 Å². The first-order valence-electron chi connectivity index (χ1n) is 10.3. The van der Waals surface area contributed by atoms with Crippen LogP contribution >= 0.6 is 0 Å². The van der Waals surface area contributed by atoms with Crippen LogP contribution in [0, 0.1) is 5.82 Å². The Morgan fingerprint density at radius 3 is 2.62 bits per heavy atom. The fraction of sp³-hybridized carbons (Fsp3) is 0.304. The van der Waals surface area contributed by atoms with E-state index in [0.29, 0.717) is 23.6 Å². The zero-order chi connectivity index (χ0) is 22.9. The maximum atomic E-state index is 13.7. The zero-order valence-corrected chi connectivity index (χ0v) is 17.6. The van der Waals surface area contributed by atoms with Crippen molar-refractivity contribution in [2.24, 2.45) is 0 Å². The molecule has 4 rings (SSSR count). The summed E-state index contributed by atoms with van der Waals surface area (Å²) in [5.41, 5.74) is 2.29. The molecule has 166 valence electrons.